The fourth-order valence-electron chi connectivity index (χ4n) is 9.96. The quantitative estimate of drug-likeness (QED) is 0.155. The van der Waals surface area contributed by atoms with Crippen LogP contribution in [-0.4, -0.2) is 18.7 Å². The number of benzene rings is 10. The minimum absolute atomic E-state index is 0.937. The van der Waals surface area contributed by atoms with Gasteiger partial charge in [0.1, 0.15) is 5.82 Å². The predicted molar refractivity (Wildman–Crippen MR) is 255 cm³/mol. The fourth-order valence-corrected chi connectivity index (χ4v) is 9.96. The molecule has 0 saturated carbocycles. The summed E-state index contributed by atoms with van der Waals surface area (Å²) in [6.07, 6.45) is 0. The first-order valence-electron chi connectivity index (χ1n) is 20.9. The van der Waals surface area contributed by atoms with E-state index in [1.54, 1.807) is 0 Å². The molecular formula is C57H36N4. The molecule has 0 aliphatic rings. The van der Waals surface area contributed by atoms with Crippen molar-refractivity contribution in [1.29, 1.82) is 0 Å². The lowest BCUT2D eigenvalue weighted by Gasteiger charge is -2.13. The zero-order valence-electron chi connectivity index (χ0n) is 33.1. The highest BCUT2D eigenvalue weighted by Gasteiger charge is 2.22. The summed E-state index contributed by atoms with van der Waals surface area (Å²) in [7, 11) is 0. The number of nitrogens with zero attached hydrogens (tertiary/aromatic N) is 4. The van der Waals surface area contributed by atoms with Crippen LogP contribution in [0.4, 0.5) is 0 Å². The minimum atomic E-state index is 0.937. The lowest BCUT2D eigenvalue weighted by molar-refractivity contribution is 1.10. The summed E-state index contributed by atoms with van der Waals surface area (Å²) in [6, 6.07) is 79.1. The molecule has 0 aliphatic carbocycles. The summed E-state index contributed by atoms with van der Waals surface area (Å²) in [5.74, 6) is 0.937. The van der Waals surface area contributed by atoms with Gasteiger partial charge in [-0.05, 0) is 106 Å². The van der Waals surface area contributed by atoms with Gasteiger partial charge in [-0.2, -0.15) is 0 Å². The van der Waals surface area contributed by atoms with Gasteiger partial charge in [0.25, 0.3) is 0 Å². The molecule has 0 spiro atoms. The molecule has 13 aromatic rings. The van der Waals surface area contributed by atoms with Gasteiger partial charge in [0.15, 0.2) is 0 Å². The maximum absolute atomic E-state index is 5.08. The Morgan fingerprint density at radius 1 is 0.262 bits per heavy atom. The number of aromatic nitrogens is 4. The molecule has 0 aliphatic heterocycles. The van der Waals surface area contributed by atoms with Crippen molar-refractivity contribution in [2.75, 3.05) is 0 Å². The molecule has 0 fully saturated rings. The van der Waals surface area contributed by atoms with E-state index >= 15 is 0 Å². The highest BCUT2D eigenvalue weighted by molar-refractivity contribution is 6.28. The van der Waals surface area contributed by atoms with E-state index in [1.807, 2.05) is 0 Å². The summed E-state index contributed by atoms with van der Waals surface area (Å²) in [4.78, 5) is 5.08. The largest absolute Gasteiger partial charge is 0.309 e. The first kappa shape index (κ1) is 33.7. The average molecular weight is 777 g/mol. The second-order valence-electron chi connectivity index (χ2n) is 15.9. The van der Waals surface area contributed by atoms with Gasteiger partial charge in [0.2, 0.25) is 0 Å². The van der Waals surface area contributed by atoms with Crippen LogP contribution in [-0.2, 0) is 0 Å². The maximum Gasteiger partial charge on any atom is 0.145 e. The van der Waals surface area contributed by atoms with Crippen molar-refractivity contribution in [3.05, 3.63) is 218 Å². The van der Waals surface area contributed by atoms with Gasteiger partial charge in [0.05, 0.1) is 33.1 Å². The van der Waals surface area contributed by atoms with Crippen molar-refractivity contribution in [3.63, 3.8) is 0 Å². The Morgan fingerprint density at radius 2 is 0.705 bits per heavy atom. The van der Waals surface area contributed by atoms with Crippen molar-refractivity contribution in [2.45, 2.75) is 0 Å². The molecule has 3 aromatic heterocycles. The van der Waals surface area contributed by atoms with Gasteiger partial charge in [0, 0.05) is 44.2 Å². The monoisotopic (exact) mass is 776 g/mol. The van der Waals surface area contributed by atoms with Crippen molar-refractivity contribution >= 4 is 65.4 Å². The van der Waals surface area contributed by atoms with Crippen molar-refractivity contribution < 1.29 is 0 Å². The summed E-state index contributed by atoms with van der Waals surface area (Å²) in [5, 5.41) is 7.61. The zero-order valence-corrected chi connectivity index (χ0v) is 33.1. The molecule has 4 nitrogen and oxygen atoms in total. The Hall–Kier alpha value is -8.21. The second kappa shape index (κ2) is 13.2. The smallest absolute Gasteiger partial charge is 0.145 e. The van der Waals surface area contributed by atoms with E-state index in [2.05, 4.69) is 232 Å². The van der Waals surface area contributed by atoms with Crippen LogP contribution in [0.15, 0.2) is 218 Å². The summed E-state index contributed by atoms with van der Waals surface area (Å²) in [6.45, 7) is 0. The van der Waals surface area contributed by atoms with E-state index in [9.17, 15) is 0 Å². The van der Waals surface area contributed by atoms with Crippen LogP contribution >= 0.6 is 0 Å². The molecule has 0 N–H and O–H groups in total. The zero-order chi connectivity index (χ0) is 40.0. The maximum atomic E-state index is 5.08. The summed E-state index contributed by atoms with van der Waals surface area (Å²) in [5.41, 5.74) is 16.2. The Kier molecular flexibility index (Phi) is 7.27. The van der Waals surface area contributed by atoms with Gasteiger partial charge < -0.3 is 9.13 Å². The van der Waals surface area contributed by atoms with Crippen LogP contribution in [0.25, 0.3) is 116 Å². The van der Waals surface area contributed by atoms with E-state index in [1.165, 1.54) is 76.6 Å². The molecule has 0 bridgehead atoms. The lowest BCUT2D eigenvalue weighted by Crippen LogP contribution is -1.97. The lowest BCUT2D eigenvalue weighted by atomic mass is 9.91. The Balaban J connectivity index is 0.963. The molecule has 4 heteroatoms. The van der Waals surface area contributed by atoms with E-state index < -0.39 is 0 Å². The van der Waals surface area contributed by atoms with Gasteiger partial charge in [-0.15, -0.1) is 0 Å². The molecule has 0 radical (unpaired) electrons. The van der Waals surface area contributed by atoms with E-state index in [0.717, 1.165) is 39.5 Å². The molecule has 0 saturated heterocycles. The first-order chi connectivity index (χ1) is 30.3. The third-order valence-electron chi connectivity index (χ3n) is 12.7. The molecule has 284 valence electrons. The van der Waals surface area contributed by atoms with Crippen molar-refractivity contribution in [1.82, 2.24) is 18.7 Å². The van der Waals surface area contributed by atoms with Crippen molar-refractivity contribution in [2.24, 2.45) is 0 Å². The topological polar surface area (TPSA) is 27.7 Å². The fraction of sp³-hybridized carbons (Fsp3) is 0. The van der Waals surface area contributed by atoms with Crippen LogP contribution in [0.1, 0.15) is 0 Å². The highest BCUT2D eigenvalue weighted by Crippen LogP contribution is 2.45. The number of para-hydroxylation sites is 5. The van der Waals surface area contributed by atoms with E-state index in [-0.39, 0.29) is 0 Å². The second-order valence-corrected chi connectivity index (χ2v) is 15.9. The number of hydrogen-bond acceptors (Lipinski definition) is 1. The molecular weight excluding hydrogens is 741 g/mol. The molecule has 61 heavy (non-hydrogen) atoms. The standard InChI is InChI=1S/C57H36N4/c1-3-13-39(14-4-1)57-58-49-19-9-12-22-52(49)61(57)42-29-25-38(26-30-42)44-34-36-54-56-48(44)32-31-47-43(33-35-53(55(47)56)60(54)40-15-5-2-6-16-40)37-23-27-41(28-24-37)59-50-20-10-7-17-45(50)46-18-8-11-21-51(46)59/h1-36H. The average Bonchev–Trinajstić information content (AvgIpc) is 4.00. The number of imidazole rings is 1. The predicted octanol–water partition coefficient (Wildman–Crippen LogP) is 14.8. The number of rotatable bonds is 6. The Bertz CT molecular complexity index is 3720. The molecule has 13 rings (SSSR count). The summed E-state index contributed by atoms with van der Waals surface area (Å²) < 4.78 is 7.09. The number of fused-ring (bicyclic) bond motifs is 4. The third-order valence-corrected chi connectivity index (χ3v) is 12.7. The van der Waals surface area contributed by atoms with Gasteiger partial charge in [-0.3, -0.25) is 4.57 Å². The van der Waals surface area contributed by atoms with Gasteiger partial charge in [-0.25, -0.2) is 4.98 Å². The van der Waals surface area contributed by atoms with Crippen molar-refractivity contribution in [3.8, 4) is 50.7 Å². The van der Waals surface area contributed by atoms with E-state index in [4.69, 9.17) is 4.98 Å². The SMILES string of the molecule is c1ccc(-c2nc3ccccc3n2-c2ccc(-c3ccc4c5c3ccc3c(-c6ccc(-n7c8ccccc8c8ccccc87)cc6)ccc(c35)n4-c3ccccc3)cc2)cc1. The molecule has 3 heterocycles. The Labute approximate surface area is 351 Å². The van der Waals surface area contributed by atoms with E-state index in [0.29, 0.717) is 0 Å². The molecule has 10 aromatic carbocycles. The van der Waals surface area contributed by atoms with Crippen LogP contribution in [0.2, 0.25) is 0 Å². The molecule has 0 atom stereocenters. The Morgan fingerprint density at radius 3 is 1.28 bits per heavy atom. The van der Waals surface area contributed by atoms with Crippen LogP contribution < -0.4 is 0 Å². The third kappa shape index (κ3) is 5.03. The summed E-state index contributed by atoms with van der Waals surface area (Å²) >= 11 is 0. The van der Waals surface area contributed by atoms with Crippen LogP contribution in [0.3, 0.4) is 0 Å². The minimum Gasteiger partial charge on any atom is -0.309 e. The molecule has 0 unspecified atom stereocenters. The van der Waals surface area contributed by atoms with Gasteiger partial charge >= 0.3 is 0 Å². The molecule has 0 amide bonds. The normalized spacial score (nSPS) is 11.9. The van der Waals surface area contributed by atoms with Crippen LogP contribution in [0.5, 0.6) is 0 Å². The van der Waals surface area contributed by atoms with Gasteiger partial charge in [-0.1, -0.05) is 146 Å². The highest BCUT2D eigenvalue weighted by atomic mass is 15.1. The first-order valence-corrected chi connectivity index (χ1v) is 20.9. The number of hydrogen-bond donors (Lipinski definition) is 0. The van der Waals surface area contributed by atoms with Crippen LogP contribution in [0, 0.1) is 0 Å².